The van der Waals surface area contributed by atoms with Gasteiger partial charge in [0.05, 0.1) is 12.1 Å². The molecule has 7 atom stereocenters. The summed E-state index contributed by atoms with van der Waals surface area (Å²) in [6.45, 7) is 3.70. The summed E-state index contributed by atoms with van der Waals surface area (Å²) in [5.74, 6) is -4.19. The largest absolute Gasteiger partial charge is 0.480 e. The first-order chi connectivity index (χ1) is 22.3. The lowest BCUT2D eigenvalue weighted by Gasteiger charge is -2.32. The lowest BCUT2D eigenvalue weighted by atomic mass is 10.0. The van der Waals surface area contributed by atoms with Gasteiger partial charge in [-0.2, -0.15) is 0 Å². The lowest BCUT2D eigenvalue weighted by molar-refractivity contribution is -0.149. The molecule has 3 rings (SSSR count). The topological polar surface area (TPSA) is 237 Å². The molecule has 260 valence electrons. The molecule has 47 heavy (non-hydrogen) atoms. The SMILES string of the molecule is C[C@H](NC(=O)[C@@H]1CCCN1C(=O)[C@@H](NC(=O)[C@H](Cc1ccccc1)NC(=O)[C@@H](N)CCCCN)[C@@H](C)O)C(=O)N1CCC[C@H]1C(=O)O. The predicted octanol–water partition coefficient (Wildman–Crippen LogP) is -1.39. The van der Waals surface area contributed by atoms with Crippen LogP contribution in [-0.2, 0) is 35.2 Å². The number of carboxylic acids is 1. The molecular formula is C32H49N7O8. The molecule has 0 saturated carbocycles. The van der Waals surface area contributed by atoms with E-state index in [0.29, 0.717) is 45.1 Å². The van der Waals surface area contributed by atoms with Crippen molar-refractivity contribution >= 4 is 35.5 Å². The first-order valence-electron chi connectivity index (χ1n) is 16.3. The molecule has 1 aromatic rings. The number of nitrogens with one attached hydrogen (secondary N) is 3. The van der Waals surface area contributed by atoms with Crippen LogP contribution in [0.3, 0.4) is 0 Å². The van der Waals surface area contributed by atoms with Crippen molar-refractivity contribution in [3.05, 3.63) is 35.9 Å². The van der Waals surface area contributed by atoms with E-state index in [1.54, 1.807) is 24.3 Å². The number of nitrogens with two attached hydrogens (primary N) is 2. The predicted molar refractivity (Wildman–Crippen MR) is 171 cm³/mol. The second-order valence-electron chi connectivity index (χ2n) is 12.3. The first kappa shape index (κ1) is 37.4. The fraction of sp³-hybridized carbons (Fsp3) is 0.625. The molecule has 0 aliphatic carbocycles. The first-order valence-corrected chi connectivity index (χ1v) is 16.3. The van der Waals surface area contributed by atoms with E-state index in [4.69, 9.17) is 11.5 Å². The molecule has 0 radical (unpaired) electrons. The van der Waals surface area contributed by atoms with Crippen molar-refractivity contribution in [3.8, 4) is 0 Å². The summed E-state index contributed by atoms with van der Waals surface area (Å²) >= 11 is 0. The van der Waals surface area contributed by atoms with Crippen molar-refractivity contribution < 1.29 is 39.0 Å². The van der Waals surface area contributed by atoms with E-state index in [-0.39, 0.29) is 25.9 Å². The number of hydrogen-bond acceptors (Lipinski definition) is 9. The number of benzene rings is 1. The number of hydrogen-bond donors (Lipinski definition) is 7. The quantitative estimate of drug-likeness (QED) is 0.103. The maximum atomic E-state index is 13.8. The maximum Gasteiger partial charge on any atom is 0.326 e. The van der Waals surface area contributed by atoms with Crippen LogP contribution in [0.4, 0.5) is 0 Å². The highest BCUT2D eigenvalue weighted by Gasteiger charge is 2.42. The normalized spacial score (nSPS) is 20.9. The van der Waals surface area contributed by atoms with E-state index in [1.807, 2.05) is 6.07 Å². The van der Waals surface area contributed by atoms with Crippen LogP contribution in [0.25, 0.3) is 0 Å². The van der Waals surface area contributed by atoms with Gasteiger partial charge in [-0.25, -0.2) is 4.79 Å². The highest BCUT2D eigenvalue weighted by Crippen LogP contribution is 2.21. The minimum Gasteiger partial charge on any atom is -0.480 e. The Kier molecular flexibility index (Phi) is 14.1. The summed E-state index contributed by atoms with van der Waals surface area (Å²) in [5.41, 5.74) is 12.3. The van der Waals surface area contributed by atoms with Gasteiger partial charge >= 0.3 is 5.97 Å². The van der Waals surface area contributed by atoms with Gasteiger partial charge in [-0.05, 0) is 64.5 Å². The Morgan fingerprint density at radius 2 is 1.49 bits per heavy atom. The third-order valence-electron chi connectivity index (χ3n) is 8.66. The average molecular weight is 660 g/mol. The molecule has 2 heterocycles. The smallest absolute Gasteiger partial charge is 0.326 e. The van der Waals surface area contributed by atoms with Crippen molar-refractivity contribution in [1.82, 2.24) is 25.8 Å². The molecule has 0 spiro atoms. The number of unbranched alkanes of at least 4 members (excludes halogenated alkanes) is 1. The average Bonchev–Trinajstić information content (AvgIpc) is 3.74. The Hall–Kier alpha value is -4.08. The van der Waals surface area contributed by atoms with Crippen LogP contribution in [-0.4, -0.2) is 118 Å². The Morgan fingerprint density at radius 3 is 2.09 bits per heavy atom. The summed E-state index contributed by atoms with van der Waals surface area (Å²) in [4.78, 5) is 80.6. The van der Waals surface area contributed by atoms with E-state index in [1.165, 1.54) is 23.6 Å². The molecular weight excluding hydrogens is 610 g/mol. The highest BCUT2D eigenvalue weighted by atomic mass is 16.4. The van der Waals surface area contributed by atoms with Crippen molar-refractivity contribution in [2.75, 3.05) is 19.6 Å². The number of likely N-dealkylation sites (tertiary alicyclic amines) is 2. The number of carboxylic acid groups (broad SMARTS) is 1. The van der Waals surface area contributed by atoms with E-state index >= 15 is 0 Å². The number of nitrogens with zero attached hydrogens (tertiary/aromatic N) is 2. The van der Waals surface area contributed by atoms with Gasteiger partial charge in [0.2, 0.25) is 29.5 Å². The minimum atomic E-state index is -1.44. The highest BCUT2D eigenvalue weighted by molar-refractivity contribution is 5.97. The van der Waals surface area contributed by atoms with Crippen LogP contribution in [0.1, 0.15) is 64.4 Å². The summed E-state index contributed by atoms with van der Waals surface area (Å²) in [6.07, 6.45) is 2.07. The molecule has 0 bridgehead atoms. The Morgan fingerprint density at radius 1 is 0.872 bits per heavy atom. The van der Waals surface area contributed by atoms with Gasteiger partial charge in [0.15, 0.2) is 0 Å². The Balaban J connectivity index is 1.71. The Bertz CT molecular complexity index is 1260. The fourth-order valence-electron chi connectivity index (χ4n) is 6.01. The molecule has 15 nitrogen and oxygen atoms in total. The van der Waals surface area contributed by atoms with Crippen molar-refractivity contribution in [2.45, 2.75) is 108 Å². The Labute approximate surface area is 274 Å². The standard InChI is InChI=1S/C32H49N7O8/c1-19(30(44)39-17-9-14-25(39)32(46)47)35-29(43)24-13-8-16-38(24)31(45)26(20(2)40)37-28(42)23(18-21-10-4-3-5-11-21)36-27(41)22(34)12-6-7-15-33/h3-5,10-11,19-20,22-26,40H,6-9,12-18,33-34H2,1-2H3,(H,35,43)(H,36,41)(H,37,42)(H,46,47)/t19-,20+,22-,23-,24-,25-,26-/m0/s1. The van der Waals surface area contributed by atoms with Crippen LogP contribution in [0.2, 0.25) is 0 Å². The molecule has 2 fully saturated rings. The van der Waals surface area contributed by atoms with Gasteiger partial charge in [-0.1, -0.05) is 36.8 Å². The third kappa shape index (κ3) is 10.2. The maximum absolute atomic E-state index is 13.8. The van der Waals surface area contributed by atoms with Crippen LogP contribution in [0.15, 0.2) is 30.3 Å². The molecule has 0 unspecified atom stereocenters. The summed E-state index contributed by atoms with van der Waals surface area (Å²) in [7, 11) is 0. The molecule has 15 heteroatoms. The summed E-state index contributed by atoms with van der Waals surface area (Å²) in [6, 6.07) is 2.56. The molecule has 2 saturated heterocycles. The number of aliphatic carboxylic acids is 1. The zero-order valence-electron chi connectivity index (χ0n) is 27.1. The molecule has 1 aromatic carbocycles. The van der Waals surface area contributed by atoms with Gasteiger partial charge in [-0.15, -0.1) is 0 Å². The molecule has 2 aliphatic heterocycles. The van der Waals surface area contributed by atoms with E-state index < -0.39 is 77.9 Å². The number of aliphatic hydroxyl groups is 1. The summed E-state index contributed by atoms with van der Waals surface area (Å²) < 4.78 is 0. The lowest BCUT2D eigenvalue weighted by Crippen LogP contribution is -2.61. The van der Waals surface area contributed by atoms with E-state index in [2.05, 4.69) is 16.0 Å². The van der Waals surface area contributed by atoms with Crippen molar-refractivity contribution in [1.29, 1.82) is 0 Å². The molecule has 5 amide bonds. The monoisotopic (exact) mass is 659 g/mol. The second kappa shape index (κ2) is 17.7. The number of rotatable bonds is 16. The van der Waals surface area contributed by atoms with Gasteiger partial charge in [0.25, 0.3) is 0 Å². The number of amides is 5. The molecule has 0 aromatic heterocycles. The van der Waals surface area contributed by atoms with Gasteiger partial charge in [0, 0.05) is 19.5 Å². The van der Waals surface area contributed by atoms with E-state index in [9.17, 15) is 39.0 Å². The van der Waals surface area contributed by atoms with Crippen molar-refractivity contribution in [3.63, 3.8) is 0 Å². The molecule has 9 N–H and O–H groups in total. The summed E-state index contributed by atoms with van der Waals surface area (Å²) in [5, 5.41) is 27.9. The van der Waals surface area contributed by atoms with Gasteiger partial charge < -0.3 is 47.4 Å². The fourth-order valence-corrected chi connectivity index (χ4v) is 6.01. The number of aliphatic hydroxyl groups excluding tert-OH is 1. The van der Waals surface area contributed by atoms with Crippen LogP contribution in [0.5, 0.6) is 0 Å². The van der Waals surface area contributed by atoms with Crippen molar-refractivity contribution in [2.24, 2.45) is 11.5 Å². The number of carbonyl (C=O) groups excluding carboxylic acids is 5. The molecule has 2 aliphatic rings. The third-order valence-corrected chi connectivity index (χ3v) is 8.66. The number of carbonyl (C=O) groups is 6. The van der Waals surface area contributed by atoms with Crippen LogP contribution < -0.4 is 27.4 Å². The second-order valence-corrected chi connectivity index (χ2v) is 12.3. The van der Waals surface area contributed by atoms with Crippen LogP contribution in [0, 0.1) is 0 Å². The van der Waals surface area contributed by atoms with E-state index in [0.717, 1.165) is 5.56 Å². The van der Waals surface area contributed by atoms with Crippen LogP contribution >= 0.6 is 0 Å². The zero-order chi connectivity index (χ0) is 34.7. The zero-order valence-corrected chi connectivity index (χ0v) is 27.1. The van der Waals surface area contributed by atoms with Gasteiger partial charge in [0.1, 0.15) is 30.2 Å². The minimum absolute atomic E-state index is 0.0923. The van der Waals surface area contributed by atoms with Gasteiger partial charge in [-0.3, -0.25) is 24.0 Å².